The minimum Gasteiger partial charge on any atom is -0.477 e. The maximum Gasteiger partial charge on any atom is 0.354 e. The fourth-order valence-electron chi connectivity index (χ4n) is 1.30. The molecule has 2 rings (SSSR count). The number of benzene rings is 1. The third-order valence-corrected chi connectivity index (χ3v) is 2.50. The molecule has 0 radical (unpaired) electrons. The Morgan fingerprint density at radius 1 is 1.37 bits per heavy atom. The molecule has 5 nitrogen and oxygen atoms in total. The molecule has 0 aliphatic carbocycles. The first kappa shape index (κ1) is 13.1. The largest absolute Gasteiger partial charge is 0.477 e. The number of hydrogen-bond donors (Lipinski definition) is 2. The first-order valence-electron chi connectivity index (χ1n) is 5.10. The lowest BCUT2D eigenvalue weighted by molar-refractivity contribution is 0.0689. The van der Waals surface area contributed by atoms with Gasteiger partial charge in [0.1, 0.15) is 11.6 Å². The number of pyridine rings is 1. The molecule has 98 valence electrons. The number of nitrogens with two attached hydrogens (primary N) is 1. The first-order chi connectivity index (χ1) is 8.97. The van der Waals surface area contributed by atoms with Crippen LogP contribution in [0.1, 0.15) is 10.5 Å². The average Bonchev–Trinajstić information content (AvgIpc) is 2.36. The monoisotopic (exact) mass is 282 g/mol. The van der Waals surface area contributed by atoms with Gasteiger partial charge in [-0.2, -0.15) is 0 Å². The molecule has 0 unspecified atom stereocenters. The van der Waals surface area contributed by atoms with Crippen LogP contribution in [0.3, 0.4) is 0 Å². The fraction of sp³-hybridized carbons (Fsp3) is 0. The van der Waals surface area contributed by atoms with E-state index in [4.69, 9.17) is 27.2 Å². The molecule has 19 heavy (non-hydrogen) atoms. The molecular formula is C12H8ClFN2O3. The van der Waals surface area contributed by atoms with Crippen LogP contribution in [-0.4, -0.2) is 16.1 Å². The van der Waals surface area contributed by atoms with Gasteiger partial charge in [0, 0.05) is 6.07 Å². The van der Waals surface area contributed by atoms with Crippen molar-refractivity contribution < 1.29 is 19.0 Å². The van der Waals surface area contributed by atoms with Crippen molar-refractivity contribution in [2.75, 3.05) is 5.73 Å². The van der Waals surface area contributed by atoms with Crippen LogP contribution in [0.25, 0.3) is 0 Å². The molecule has 7 heteroatoms. The summed E-state index contributed by atoms with van der Waals surface area (Å²) in [5.74, 6) is -1.67. The standard InChI is InChI=1S/C12H8ClFN2O3/c13-7-5-6(1-2-8(7)14)19-11-9(15)3-4-10(16-11)12(17)18/h1-5H,15H2,(H,17,18). The number of anilines is 1. The van der Waals surface area contributed by atoms with Crippen LogP contribution >= 0.6 is 11.6 Å². The van der Waals surface area contributed by atoms with Crippen LogP contribution in [0.15, 0.2) is 30.3 Å². The number of ether oxygens (including phenoxy) is 1. The van der Waals surface area contributed by atoms with E-state index in [9.17, 15) is 9.18 Å². The number of hydrogen-bond acceptors (Lipinski definition) is 4. The molecule has 1 heterocycles. The van der Waals surface area contributed by atoms with E-state index in [0.717, 1.165) is 6.07 Å². The normalized spacial score (nSPS) is 10.2. The fourth-order valence-corrected chi connectivity index (χ4v) is 1.47. The van der Waals surface area contributed by atoms with E-state index in [0.29, 0.717) is 0 Å². The zero-order valence-corrected chi connectivity index (χ0v) is 10.2. The molecule has 0 bridgehead atoms. The van der Waals surface area contributed by atoms with Crippen molar-refractivity contribution in [3.05, 3.63) is 46.9 Å². The Morgan fingerprint density at radius 2 is 2.11 bits per heavy atom. The van der Waals surface area contributed by atoms with Crippen LogP contribution in [0.4, 0.5) is 10.1 Å². The summed E-state index contributed by atoms with van der Waals surface area (Å²) >= 11 is 5.60. The Balaban J connectivity index is 2.34. The van der Waals surface area contributed by atoms with Gasteiger partial charge in [0.2, 0.25) is 5.88 Å². The number of aromatic carboxylic acids is 1. The van der Waals surface area contributed by atoms with Gasteiger partial charge in [-0.25, -0.2) is 14.2 Å². The Morgan fingerprint density at radius 3 is 2.74 bits per heavy atom. The van der Waals surface area contributed by atoms with Gasteiger partial charge in [0.15, 0.2) is 5.69 Å². The third-order valence-electron chi connectivity index (χ3n) is 2.21. The van der Waals surface area contributed by atoms with Crippen molar-refractivity contribution in [1.82, 2.24) is 4.98 Å². The van der Waals surface area contributed by atoms with Gasteiger partial charge < -0.3 is 15.6 Å². The summed E-state index contributed by atoms with van der Waals surface area (Å²) in [6.07, 6.45) is 0. The Bertz CT molecular complexity index is 649. The summed E-state index contributed by atoms with van der Waals surface area (Å²) in [6, 6.07) is 6.30. The summed E-state index contributed by atoms with van der Waals surface area (Å²) in [5, 5.41) is 8.70. The number of rotatable bonds is 3. The number of carbonyl (C=O) groups is 1. The smallest absolute Gasteiger partial charge is 0.354 e. The highest BCUT2D eigenvalue weighted by molar-refractivity contribution is 6.30. The molecule has 0 fully saturated rings. The highest BCUT2D eigenvalue weighted by Gasteiger charge is 2.11. The Kier molecular flexibility index (Phi) is 3.52. The predicted molar refractivity (Wildman–Crippen MR) is 67.1 cm³/mol. The predicted octanol–water partition coefficient (Wildman–Crippen LogP) is 2.95. The number of nitrogens with zero attached hydrogens (tertiary/aromatic N) is 1. The van der Waals surface area contributed by atoms with Crippen LogP contribution in [0, 0.1) is 5.82 Å². The van der Waals surface area contributed by atoms with Crippen LogP contribution in [0.2, 0.25) is 5.02 Å². The highest BCUT2D eigenvalue weighted by atomic mass is 35.5. The van der Waals surface area contributed by atoms with Gasteiger partial charge in [0.25, 0.3) is 0 Å². The molecule has 1 aromatic carbocycles. The SMILES string of the molecule is Nc1ccc(C(=O)O)nc1Oc1ccc(F)c(Cl)c1. The number of carboxylic acid groups (broad SMARTS) is 1. The van der Waals surface area contributed by atoms with Gasteiger partial charge in [-0.05, 0) is 24.3 Å². The lowest BCUT2D eigenvalue weighted by atomic mass is 10.3. The summed E-state index contributed by atoms with van der Waals surface area (Å²) < 4.78 is 18.3. The second kappa shape index (κ2) is 5.11. The zero-order chi connectivity index (χ0) is 14.0. The van der Waals surface area contributed by atoms with Crippen LogP contribution in [0.5, 0.6) is 11.6 Å². The zero-order valence-electron chi connectivity index (χ0n) is 9.43. The summed E-state index contributed by atoms with van der Waals surface area (Å²) in [4.78, 5) is 14.5. The van der Waals surface area contributed by atoms with Crippen molar-refractivity contribution in [3.8, 4) is 11.6 Å². The van der Waals surface area contributed by atoms with E-state index in [-0.39, 0.29) is 28.0 Å². The van der Waals surface area contributed by atoms with Crippen molar-refractivity contribution in [2.45, 2.75) is 0 Å². The van der Waals surface area contributed by atoms with E-state index >= 15 is 0 Å². The minimum absolute atomic E-state index is 0.0809. The summed E-state index contributed by atoms with van der Waals surface area (Å²) in [5.41, 5.74) is 5.56. The molecule has 0 saturated heterocycles. The highest BCUT2D eigenvalue weighted by Crippen LogP contribution is 2.28. The number of aromatic nitrogens is 1. The van der Waals surface area contributed by atoms with Gasteiger partial charge in [-0.3, -0.25) is 0 Å². The van der Waals surface area contributed by atoms with Gasteiger partial charge >= 0.3 is 5.97 Å². The molecule has 1 aromatic heterocycles. The van der Waals surface area contributed by atoms with E-state index in [1.807, 2.05) is 0 Å². The first-order valence-corrected chi connectivity index (χ1v) is 5.48. The van der Waals surface area contributed by atoms with Crippen molar-refractivity contribution in [1.29, 1.82) is 0 Å². The van der Waals surface area contributed by atoms with Gasteiger partial charge in [-0.1, -0.05) is 11.6 Å². The van der Waals surface area contributed by atoms with E-state index < -0.39 is 11.8 Å². The molecule has 0 spiro atoms. The summed E-state index contributed by atoms with van der Waals surface area (Å²) in [6.45, 7) is 0. The third kappa shape index (κ3) is 2.92. The molecule has 3 N–H and O–H groups in total. The lowest BCUT2D eigenvalue weighted by Crippen LogP contribution is -2.03. The lowest BCUT2D eigenvalue weighted by Gasteiger charge is -2.08. The average molecular weight is 283 g/mol. The molecule has 0 amide bonds. The summed E-state index contributed by atoms with van der Waals surface area (Å²) in [7, 11) is 0. The van der Waals surface area contributed by atoms with Gasteiger partial charge in [0.05, 0.1) is 10.7 Å². The number of halogens is 2. The van der Waals surface area contributed by atoms with E-state index in [1.54, 1.807) is 0 Å². The van der Waals surface area contributed by atoms with Crippen molar-refractivity contribution in [2.24, 2.45) is 0 Å². The molecule has 0 saturated carbocycles. The quantitative estimate of drug-likeness (QED) is 0.904. The second-order valence-electron chi connectivity index (χ2n) is 3.57. The maximum absolute atomic E-state index is 13.0. The molecule has 0 aliphatic heterocycles. The van der Waals surface area contributed by atoms with Crippen LogP contribution < -0.4 is 10.5 Å². The Hall–Kier alpha value is -2.34. The second-order valence-corrected chi connectivity index (χ2v) is 3.98. The molecule has 0 aliphatic rings. The maximum atomic E-state index is 13.0. The minimum atomic E-state index is -1.21. The topological polar surface area (TPSA) is 85.4 Å². The number of carboxylic acids is 1. The van der Waals surface area contributed by atoms with Crippen molar-refractivity contribution in [3.63, 3.8) is 0 Å². The Labute approximate surface area is 112 Å². The van der Waals surface area contributed by atoms with Gasteiger partial charge in [-0.15, -0.1) is 0 Å². The van der Waals surface area contributed by atoms with Crippen LogP contribution in [-0.2, 0) is 0 Å². The van der Waals surface area contributed by atoms with E-state index in [1.165, 1.54) is 24.3 Å². The molecule has 0 atom stereocenters. The molecule has 2 aromatic rings. The molecular weight excluding hydrogens is 275 g/mol. The number of nitrogen functional groups attached to an aromatic ring is 1. The van der Waals surface area contributed by atoms with Crippen molar-refractivity contribution >= 4 is 23.3 Å². The van der Waals surface area contributed by atoms with E-state index in [2.05, 4.69) is 4.98 Å².